The average molecular weight is 361 g/mol. The highest BCUT2D eigenvalue weighted by molar-refractivity contribution is 7.09. The number of rotatable bonds is 5. The lowest BCUT2D eigenvalue weighted by Gasteiger charge is -2.09. The Labute approximate surface area is 156 Å². The third-order valence-corrected chi connectivity index (χ3v) is 4.98. The molecular weight excluding hydrogens is 342 g/mol. The lowest BCUT2D eigenvalue weighted by molar-refractivity contribution is 0.686. The molecule has 0 N–H and O–H groups in total. The van der Waals surface area contributed by atoms with Gasteiger partial charge in [-0.05, 0) is 31.0 Å². The van der Waals surface area contributed by atoms with E-state index in [-0.39, 0.29) is 0 Å². The van der Waals surface area contributed by atoms with E-state index in [9.17, 15) is 0 Å². The molecule has 0 saturated carbocycles. The van der Waals surface area contributed by atoms with Gasteiger partial charge in [-0.2, -0.15) is 5.10 Å². The zero-order valence-corrected chi connectivity index (χ0v) is 15.6. The van der Waals surface area contributed by atoms with E-state index in [0.717, 1.165) is 45.3 Å². The quantitative estimate of drug-likeness (QED) is 0.529. The summed E-state index contributed by atoms with van der Waals surface area (Å²) in [5.74, 6) is 0.787. The van der Waals surface area contributed by atoms with Crippen LogP contribution in [0.5, 0.6) is 0 Å². The monoisotopic (exact) mass is 361 g/mol. The van der Waals surface area contributed by atoms with Gasteiger partial charge in [-0.15, -0.1) is 11.3 Å². The van der Waals surface area contributed by atoms with Crippen molar-refractivity contribution in [3.05, 3.63) is 70.7 Å². The van der Waals surface area contributed by atoms with Gasteiger partial charge in [-0.3, -0.25) is 4.68 Å². The Balaban J connectivity index is 1.66. The number of thiazole rings is 1. The summed E-state index contributed by atoms with van der Waals surface area (Å²) >= 11 is 1.64. The van der Waals surface area contributed by atoms with Gasteiger partial charge in [0, 0.05) is 35.1 Å². The number of hydrogen-bond donors (Lipinski definition) is 0. The Morgan fingerprint density at radius 3 is 2.81 bits per heavy atom. The maximum Gasteiger partial charge on any atom is 0.125 e. The van der Waals surface area contributed by atoms with Crippen molar-refractivity contribution in [2.45, 2.75) is 26.8 Å². The highest BCUT2D eigenvalue weighted by Crippen LogP contribution is 2.27. The summed E-state index contributed by atoms with van der Waals surface area (Å²) < 4.78 is 1.92. The van der Waals surface area contributed by atoms with Crippen LogP contribution in [0.3, 0.4) is 0 Å². The molecule has 1 aromatic carbocycles. The van der Waals surface area contributed by atoms with Crippen molar-refractivity contribution in [1.29, 1.82) is 0 Å². The molecule has 26 heavy (non-hydrogen) atoms. The fraction of sp³-hybridized carbons (Fsp3) is 0.200. The summed E-state index contributed by atoms with van der Waals surface area (Å²) in [6.45, 7) is 4.75. The smallest absolute Gasteiger partial charge is 0.125 e. The maximum atomic E-state index is 4.70. The average Bonchev–Trinajstić information content (AvgIpc) is 3.34. The molecule has 3 aromatic heterocycles. The Kier molecular flexibility index (Phi) is 4.58. The number of nitrogens with zero attached hydrogens (tertiary/aromatic N) is 5. The summed E-state index contributed by atoms with van der Waals surface area (Å²) in [4.78, 5) is 13.3. The Morgan fingerprint density at radius 1 is 1.12 bits per heavy atom. The van der Waals surface area contributed by atoms with Crippen molar-refractivity contribution in [3.8, 4) is 22.5 Å². The standard InChI is InChI=1S/C20H19N5S/c1-3-15-12-22-14(2)23-20(15)17-6-4-5-16(11-17)18-7-9-25(24-18)13-19-21-8-10-26-19/h4-12H,3,13H2,1-2H3. The van der Waals surface area contributed by atoms with E-state index in [1.807, 2.05) is 41.6 Å². The summed E-state index contributed by atoms with van der Waals surface area (Å²) in [5.41, 5.74) is 5.29. The van der Waals surface area contributed by atoms with E-state index in [0.29, 0.717) is 6.54 Å². The van der Waals surface area contributed by atoms with Crippen molar-refractivity contribution in [1.82, 2.24) is 24.7 Å². The van der Waals surface area contributed by atoms with Gasteiger partial charge in [0.1, 0.15) is 10.8 Å². The molecule has 4 rings (SSSR count). The van der Waals surface area contributed by atoms with Crippen LogP contribution in [-0.4, -0.2) is 24.7 Å². The predicted molar refractivity (Wildman–Crippen MR) is 104 cm³/mol. The topological polar surface area (TPSA) is 56.5 Å². The lowest BCUT2D eigenvalue weighted by atomic mass is 10.0. The first kappa shape index (κ1) is 16.6. The largest absolute Gasteiger partial charge is 0.265 e. The van der Waals surface area contributed by atoms with Crippen LogP contribution in [0.1, 0.15) is 23.3 Å². The first-order valence-electron chi connectivity index (χ1n) is 8.58. The fourth-order valence-corrected chi connectivity index (χ4v) is 3.51. The molecule has 6 heteroatoms. The Hall–Kier alpha value is -2.86. The summed E-state index contributed by atoms with van der Waals surface area (Å²) in [6.07, 6.45) is 6.65. The lowest BCUT2D eigenvalue weighted by Crippen LogP contribution is -2.00. The second kappa shape index (κ2) is 7.17. The minimum absolute atomic E-state index is 0.697. The van der Waals surface area contributed by atoms with E-state index in [1.165, 1.54) is 0 Å². The second-order valence-corrected chi connectivity index (χ2v) is 7.03. The third kappa shape index (κ3) is 3.41. The van der Waals surface area contributed by atoms with Crippen LogP contribution in [-0.2, 0) is 13.0 Å². The summed E-state index contributed by atoms with van der Waals surface area (Å²) in [5, 5.41) is 7.74. The SMILES string of the molecule is CCc1cnc(C)nc1-c1cccc(-c2ccn(Cc3nccs3)n2)c1. The molecule has 4 aromatic rings. The molecule has 0 aliphatic rings. The molecule has 0 saturated heterocycles. The predicted octanol–water partition coefficient (Wildman–Crippen LogP) is 4.38. The first-order chi connectivity index (χ1) is 12.7. The molecule has 0 aliphatic carbocycles. The third-order valence-electron chi connectivity index (χ3n) is 4.22. The minimum atomic E-state index is 0.697. The Bertz CT molecular complexity index is 1020. The molecule has 0 unspecified atom stereocenters. The first-order valence-corrected chi connectivity index (χ1v) is 9.46. The van der Waals surface area contributed by atoms with Crippen LogP contribution in [0.25, 0.3) is 22.5 Å². The maximum absolute atomic E-state index is 4.70. The molecule has 5 nitrogen and oxygen atoms in total. The molecule has 0 amide bonds. The van der Waals surface area contributed by atoms with E-state index >= 15 is 0 Å². The zero-order chi connectivity index (χ0) is 17.9. The molecular formula is C20H19N5S. The second-order valence-electron chi connectivity index (χ2n) is 6.05. The van der Waals surface area contributed by atoms with Gasteiger partial charge >= 0.3 is 0 Å². The van der Waals surface area contributed by atoms with Gasteiger partial charge < -0.3 is 0 Å². The van der Waals surface area contributed by atoms with Gasteiger partial charge in [-0.1, -0.05) is 25.1 Å². The van der Waals surface area contributed by atoms with E-state index in [2.05, 4.69) is 46.1 Å². The van der Waals surface area contributed by atoms with Crippen molar-refractivity contribution >= 4 is 11.3 Å². The van der Waals surface area contributed by atoms with Crippen LogP contribution in [0, 0.1) is 6.92 Å². The number of benzene rings is 1. The van der Waals surface area contributed by atoms with E-state index in [4.69, 9.17) is 5.10 Å². The normalized spacial score (nSPS) is 11.0. The van der Waals surface area contributed by atoms with Crippen LogP contribution in [0.2, 0.25) is 0 Å². The summed E-state index contributed by atoms with van der Waals surface area (Å²) in [7, 11) is 0. The van der Waals surface area contributed by atoms with Gasteiger partial charge in [-0.25, -0.2) is 15.0 Å². The molecule has 3 heterocycles. The van der Waals surface area contributed by atoms with Gasteiger partial charge in [0.25, 0.3) is 0 Å². The van der Waals surface area contributed by atoms with Crippen molar-refractivity contribution in [2.75, 3.05) is 0 Å². The van der Waals surface area contributed by atoms with Gasteiger partial charge in [0.05, 0.1) is 17.9 Å². The molecule has 130 valence electrons. The van der Waals surface area contributed by atoms with Crippen LogP contribution in [0.15, 0.2) is 54.3 Å². The fourth-order valence-electron chi connectivity index (χ4n) is 2.90. The van der Waals surface area contributed by atoms with E-state index < -0.39 is 0 Å². The number of aromatic nitrogens is 5. The van der Waals surface area contributed by atoms with Crippen LogP contribution < -0.4 is 0 Å². The summed E-state index contributed by atoms with van der Waals surface area (Å²) in [6, 6.07) is 10.4. The number of hydrogen-bond acceptors (Lipinski definition) is 5. The molecule has 0 bridgehead atoms. The number of aryl methyl sites for hydroxylation is 2. The molecule has 0 atom stereocenters. The molecule has 0 aliphatic heterocycles. The minimum Gasteiger partial charge on any atom is -0.265 e. The van der Waals surface area contributed by atoms with Crippen molar-refractivity contribution in [2.24, 2.45) is 0 Å². The van der Waals surface area contributed by atoms with Gasteiger partial charge in [0.2, 0.25) is 0 Å². The highest BCUT2D eigenvalue weighted by atomic mass is 32.1. The van der Waals surface area contributed by atoms with Gasteiger partial charge in [0.15, 0.2) is 0 Å². The Morgan fingerprint density at radius 2 is 2.00 bits per heavy atom. The van der Waals surface area contributed by atoms with E-state index in [1.54, 1.807) is 11.3 Å². The molecule has 0 spiro atoms. The van der Waals surface area contributed by atoms with Crippen molar-refractivity contribution in [3.63, 3.8) is 0 Å². The molecule has 0 radical (unpaired) electrons. The van der Waals surface area contributed by atoms with Crippen LogP contribution >= 0.6 is 11.3 Å². The highest BCUT2D eigenvalue weighted by Gasteiger charge is 2.10. The zero-order valence-electron chi connectivity index (χ0n) is 14.8. The van der Waals surface area contributed by atoms with Crippen LogP contribution in [0.4, 0.5) is 0 Å². The van der Waals surface area contributed by atoms with Crippen molar-refractivity contribution < 1.29 is 0 Å². The molecule has 0 fully saturated rings.